The minimum Gasteiger partial charge on any atom is -0.323 e. The minimum atomic E-state index is -0.328. The molecule has 0 atom stereocenters. The number of rotatable bonds is 4. The standard InChI is InChI=1S/C14H14ClN3O2/c1-2-10-7-14(20)18(9-16-10)8-13(19)17-12-6-4-3-5-11(12)15/h3-7,9H,2,8H2,1H3,(H,17,19). The number of amides is 1. The average Bonchev–Trinajstić information content (AvgIpc) is 2.43. The monoisotopic (exact) mass is 291 g/mol. The molecule has 1 N–H and O–H groups in total. The highest BCUT2D eigenvalue weighted by molar-refractivity contribution is 6.33. The maximum absolute atomic E-state index is 11.9. The molecular weight excluding hydrogens is 278 g/mol. The van der Waals surface area contributed by atoms with E-state index in [4.69, 9.17) is 11.6 Å². The summed E-state index contributed by atoms with van der Waals surface area (Å²) in [4.78, 5) is 27.7. The first-order chi connectivity index (χ1) is 9.60. The summed E-state index contributed by atoms with van der Waals surface area (Å²) in [5, 5.41) is 3.11. The van der Waals surface area contributed by atoms with Crippen LogP contribution in [-0.2, 0) is 17.8 Å². The van der Waals surface area contributed by atoms with Crippen LogP contribution < -0.4 is 10.9 Å². The van der Waals surface area contributed by atoms with Gasteiger partial charge in [0, 0.05) is 11.8 Å². The van der Waals surface area contributed by atoms with E-state index in [0.717, 1.165) is 0 Å². The Labute approximate surface area is 121 Å². The van der Waals surface area contributed by atoms with Gasteiger partial charge in [0.05, 0.1) is 17.0 Å². The molecule has 0 unspecified atom stereocenters. The van der Waals surface area contributed by atoms with Crippen molar-refractivity contribution in [2.45, 2.75) is 19.9 Å². The van der Waals surface area contributed by atoms with Crippen LogP contribution >= 0.6 is 11.6 Å². The second-order valence-electron chi connectivity index (χ2n) is 4.23. The van der Waals surface area contributed by atoms with Crippen LogP contribution in [-0.4, -0.2) is 15.5 Å². The number of halogens is 1. The molecule has 6 heteroatoms. The summed E-state index contributed by atoms with van der Waals surface area (Å²) >= 11 is 5.95. The summed E-state index contributed by atoms with van der Waals surface area (Å²) in [5.41, 5.74) is 0.981. The van der Waals surface area contributed by atoms with Crippen LogP contribution in [0.1, 0.15) is 12.6 Å². The predicted molar refractivity (Wildman–Crippen MR) is 78.0 cm³/mol. The van der Waals surface area contributed by atoms with Gasteiger partial charge in [0.15, 0.2) is 0 Å². The first kappa shape index (κ1) is 14.3. The summed E-state index contributed by atoms with van der Waals surface area (Å²) in [6.45, 7) is 1.82. The Morgan fingerprint density at radius 1 is 1.40 bits per heavy atom. The van der Waals surface area contributed by atoms with Gasteiger partial charge in [-0.05, 0) is 18.6 Å². The van der Waals surface area contributed by atoms with E-state index in [1.807, 2.05) is 6.92 Å². The molecule has 0 spiro atoms. The largest absolute Gasteiger partial charge is 0.323 e. The second-order valence-corrected chi connectivity index (χ2v) is 4.64. The van der Waals surface area contributed by atoms with Crippen molar-refractivity contribution in [2.75, 3.05) is 5.32 Å². The molecule has 20 heavy (non-hydrogen) atoms. The van der Waals surface area contributed by atoms with Crippen LogP contribution in [0.4, 0.5) is 5.69 Å². The van der Waals surface area contributed by atoms with Crippen molar-refractivity contribution < 1.29 is 4.79 Å². The molecule has 1 aromatic carbocycles. The Hall–Kier alpha value is -2.14. The molecule has 0 saturated carbocycles. The van der Waals surface area contributed by atoms with E-state index < -0.39 is 0 Å². The minimum absolute atomic E-state index is 0.0962. The maximum Gasteiger partial charge on any atom is 0.253 e. The van der Waals surface area contributed by atoms with E-state index >= 15 is 0 Å². The Morgan fingerprint density at radius 3 is 2.80 bits per heavy atom. The Morgan fingerprint density at radius 2 is 2.15 bits per heavy atom. The lowest BCUT2D eigenvalue weighted by Gasteiger charge is -2.08. The number of hydrogen-bond acceptors (Lipinski definition) is 3. The van der Waals surface area contributed by atoms with Crippen LogP contribution in [0.3, 0.4) is 0 Å². The Bertz CT molecular complexity index is 682. The third kappa shape index (κ3) is 3.45. The molecule has 104 valence electrons. The molecule has 0 aliphatic rings. The lowest BCUT2D eigenvalue weighted by molar-refractivity contribution is -0.116. The van der Waals surface area contributed by atoms with Gasteiger partial charge in [0.1, 0.15) is 6.54 Å². The lowest BCUT2D eigenvalue weighted by Crippen LogP contribution is -2.27. The number of carbonyl (C=O) groups excluding carboxylic acids is 1. The molecular formula is C14H14ClN3O2. The lowest BCUT2D eigenvalue weighted by atomic mass is 10.3. The van der Waals surface area contributed by atoms with Crippen molar-refractivity contribution in [3.8, 4) is 0 Å². The molecule has 2 aromatic rings. The van der Waals surface area contributed by atoms with Crippen molar-refractivity contribution in [3.05, 3.63) is 57.7 Å². The SMILES string of the molecule is CCc1cc(=O)n(CC(=O)Nc2ccccc2Cl)cn1. The fourth-order valence-electron chi connectivity index (χ4n) is 1.68. The molecule has 0 aliphatic heterocycles. The molecule has 1 heterocycles. The summed E-state index contributed by atoms with van der Waals surface area (Å²) in [5.74, 6) is -0.328. The van der Waals surface area contributed by atoms with Gasteiger partial charge >= 0.3 is 0 Å². The summed E-state index contributed by atoms with van der Waals surface area (Å²) in [6, 6.07) is 8.35. The quantitative estimate of drug-likeness (QED) is 0.938. The number of carbonyl (C=O) groups is 1. The van der Waals surface area contributed by atoms with E-state index in [-0.39, 0.29) is 18.0 Å². The second kappa shape index (κ2) is 6.34. The van der Waals surface area contributed by atoms with E-state index in [1.54, 1.807) is 24.3 Å². The number of aromatic nitrogens is 2. The normalized spacial score (nSPS) is 10.3. The van der Waals surface area contributed by atoms with Gasteiger partial charge in [-0.15, -0.1) is 0 Å². The first-order valence-electron chi connectivity index (χ1n) is 6.20. The molecule has 2 rings (SSSR count). The topological polar surface area (TPSA) is 64.0 Å². The smallest absolute Gasteiger partial charge is 0.253 e. The number of nitrogens with one attached hydrogen (secondary N) is 1. The first-order valence-corrected chi connectivity index (χ1v) is 6.57. The number of hydrogen-bond donors (Lipinski definition) is 1. The number of nitrogens with zero attached hydrogens (tertiary/aromatic N) is 2. The number of anilines is 1. The van der Waals surface area contributed by atoms with Gasteiger partial charge in [-0.3, -0.25) is 14.2 Å². The highest BCUT2D eigenvalue weighted by Gasteiger charge is 2.07. The van der Waals surface area contributed by atoms with E-state index in [9.17, 15) is 9.59 Å². The predicted octanol–water partition coefficient (Wildman–Crippen LogP) is 2.10. The van der Waals surface area contributed by atoms with Crippen LogP contribution in [0.5, 0.6) is 0 Å². The van der Waals surface area contributed by atoms with Crippen molar-refractivity contribution in [3.63, 3.8) is 0 Å². The highest BCUT2D eigenvalue weighted by Crippen LogP contribution is 2.20. The van der Waals surface area contributed by atoms with E-state index in [0.29, 0.717) is 22.8 Å². The van der Waals surface area contributed by atoms with Crippen LogP contribution in [0, 0.1) is 0 Å². The van der Waals surface area contributed by atoms with Crippen LogP contribution in [0.25, 0.3) is 0 Å². The molecule has 0 radical (unpaired) electrons. The van der Waals surface area contributed by atoms with E-state index in [1.165, 1.54) is 17.0 Å². The molecule has 0 saturated heterocycles. The molecule has 5 nitrogen and oxygen atoms in total. The van der Waals surface area contributed by atoms with Crippen LogP contribution in [0.15, 0.2) is 41.5 Å². The van der Waals surface area contributed by atoms with Gasteiger partial charge in [-0.2, -0.15) is 0 Å². The van der Waals surface area contributed by atoms with Crippen molar-refractivity contribution in [1.29, 1.82) is 0 Å². The third-order valence-electron chi connectivity index (χ3n) is 2.76. The summed E-state index contributed by atoms with van der Waals surface area (Å²) in [7, 11) is 0. The molecule has 0 fully saturated rings. The Balaban J connectivity index is 2.09. The number of aryl methyl sites for hydroxylation is 1. The fourth-order valence-corrected chi connectivity index (χ4v) is 1.87. The molecule has 0 aliphatic carbocycles. The summed E-state index contributed by atoms with van der Waals surface area (Å²) in [6.07, 6.45) is 2.06. The zero-order valence-corrected chi connectivity index (χ0v) is 11.7. The molecule has 0 bridgehead atoms. The van der Waals surface area contributed by atoms with Gasteiger partial charge in [0.25, 0.3) is 5.56 Å². The van der Waals surface area contributed by atoms with Gasteiger partial charge in [0.2, 0.25) is 5.91 Å². The highest BCUT2D eigenvalue weighted by atomic mass is 35.5. The molecule has 1 aromatic heterocycles. The Kier molecular flexibility index (Phi) is 4.53. The fraction of sp³-hybridized carbons (Fsp3) is 0.214. The van der Waals surface area contributed by atoms with E-state index in [2.05, 4.69) is 10.3 Å². The zero-order chi connectivity index (χ0) is 14.5. The number of para-hydroxylation sites is 1. The number of benzene rings is 1. The zero-order valence-electron chi connectivity index (χ0n) is 11.0. The molecule has 1 amide bonds. The van der Waals surface area contributed by atoms with Gasteiger partial charge in [-0.25, -0.2) is 4.98 Å². The average molecular weight is 292 g/mol. The van der Waals surface area contributed by atoms with Crippen molar-refractivity contribution in [2.24, 2.45) is 0 Å². The van der Waals surface area contributed by atoms with Gasteiger partial charge < -0.3 is 5.32 Å². The third-order valence-corrected chi connectivity index (χ3v) is 3.09. The van der Waals surface area contributed by atoms with Gasteiger partial charge in [-0.1, -0.05) is 30.7 Å². The van der Waals surface area contributed by atoms with Crippen LogP contribution in [0.2, 0.25) is 5.02 Å². The maximum atomic E-state index is 11.9. The van der Waals surface area contributed by atoms with Crippen molar-refractivity contribution >= 4 is 23.2 Å². The van der Waals surface area contributed by atoms with Crippen molar-refractivity contribution in [1.82, 2.24) is 9.55 Å². The summed E-state index contributed by atoms with van der Waals surface area (Å²) < 4.78 is 1.26.